The highest BCUT2D eigenvalue weighted by atomic mass is 32.1. The van der Waals surface area contributed by atoms with Crippen LogP contribution < -0.4 is 5.32 Å². The highest BCUT2D eigenvalue weighted by molar-refractivity contribution is 7.09. The minimum absolute atomic E-state index is 0.0870. The van der Waals surface area contributed by atoms with Gasteiger partial charge in [-0.15, -0.1) is 11.3 Å². The number of nitrogens with one attached hydrogen (secondary N) is 1. The van der Waals surface area contributed by atoms with E-state index in [1.807, 2.05) is 11.3 Å². The average Bonchev–Trinajstić information content (AvgIpc) is 2.83. The Labute approximate surface area is 115 Å². The van der Waals surface area contributed by atoms with E-state index in [1.54, 1.807) is 0 Å². The molecule has 1 aliphatic heterocycles. The molecule has 18 heavy (non-hydrogen) atoms. The zero-order chi connectivity index (χ0) is 13.3. The Morgan fingerprint density at radius 2 is 2.28 bits per heavy atom. The van der Waals surface area contributed by atoms with Gasteiger partial charge in [0.2, 0.25) is 0 Å². The van der Waals surface area contributed by atoms with Crippen molar-refractivity contribution in [3.63, 3.8) is 0 Å². The van der Waals surface area contributed by atoms with Crippen LogP contribution in [0.5, 0.6) is 0 Å². The molecule has 0 aliphatic carbocycles. The van der Waals surface area contributed by atoms with Gasteiger partial charge in [0, 0.05) is 18.0 Å². The van der Waals surface area contributed by atoms with Crippen molar-refractivity contribution in [1.82, 2.24) is 15.2 Å². The van der Waals surface area contributed by atoms with Crippen molar-refractivity contribution in [2.45, 2.75) is 51.1 Å². The van der Waals surface area contributed by atoms with Crippen molar-refractivity contribution < 1.29 is 0 Å². The van der Waals surface area contributed by atoms with E-state index in [0.29, 0.717) is 12.0 Å². The van der Waals surface area contributed by atoms with Crippen LogP contribution in [0.25, 0.3) is 0 Å². The molecular formula is C14H25N3S. The van der Waals surface area contributed by atoms with Crippen LogP contribution in [-0.2, 0) is 5.54 Å². The van der Waals surface area contributed by atoms with Crippen LogP contribution in [0.3, 0.4) is 0 Å². The van der Waals surface area contributed by atoms with Crippen molar-refractivity contribution in [1.29, 1.82) is 0 Å². The Hall–Kier alpha value is -0.450. The summed E-state index contributed by atoms with van der Waals surface area (Å²) in [5, 5.41) is 7.05. The third kappa shape index (κ3) is 2.46. The molecule has 0 aromatic carbocycles. The molecule has 1 aromatic heterocycles. The molecule has 1 N–H and O–H groups in total. The molecule has 2 atom stereocenters. The summed E-state index contributed by atoms with van der Waals surface area (Å²) in [6.45, 7) is 7.87. The maximum absolute atomic E-state index is 4.87. The monoisotopic (exact) mass is 267 g/mol. The van der Waals surface area contributed by atoms with Crippen LogP contribution in [0.4, 0.5) is 0 Å². The Bertz CT molecular complexity index is 401. The van der Waals surface area contributed by atoms with Crippen LogP contribution in [0.15, 0.2) is 5.38 Å². The molecule has 0 radical (unpaired) electrons. The van der Waals surface area contributed by atoms with Crippen LogP contribution in [-0.4, -0.2) is 36.6 Å². The number of rotatable bonds is 3. The molecule has 2 heterocycles. The molecule has 1 aliphatic rings. The van der Waals surface area contributed by atoms with E-state index in [1.165, 1.54) is 10.7 Å². The van der Waals surface area contributed by atoms with Crippen LogP contribution in [0.2, 0.25) is 0 Å². The second kappa shape index (κ2) is 5.27. The SMILES string of the molecule is CNC1(c2nc(C(C)C)cs2)CCN(C)C(C)C1. The number of hydrogen-bond acceptors (Lipinski definition) is 4. The zero-order valence-electron chi connectivity index (χ0n) is 12.2. The summed E-state index contributed by atoms with van der Waals surface area (Å²) in [7, 11) is 4.29. The first-order valence-electron chi connectivity index (χ1n) is 6.83. The Kier molecular flexibility index (Phi) is 4.09. The molecule has 1 saturated heterocycles. The minimum Gasteiger partial charge on any atom is -0.308 e. The molecule has 102 valence electrons. The second-order valence-electron chi connectivity index (χ2n) is 5.85. The van der Waals surface area contributed by atoms with E-state index < -0.39 is 0 Å². The molecule has 0 amide bonds. The first-order valence-corrected chi connectivity index (χ1v) is 7.71. The van der Waals surface area contributed by atoms with E-state index in [0.717, 1.165) is 19.4 Å². The molecule has 0 saturated carbocycles. The van der Waals surface area contributed by atoms with Crippen molar-refractivity contribution in [2.24, 2.45) is 0 Å². The number of aromatic nitrogens is 1. The lowest BCUT2D eigenvalue weighted by atomic mass is 9.84. The second-order valence-corrected chi connectivity index (χ2v) is 6.71. The lowest BCUT2D eigenvalue weighted by Gasteiger charge is -2.43. The summed E-state index contributed by atoms with van der Waals surface area (Å²) in [6, 6.07) is 0.609. The minimum atomic E-state index is 0.0870. The summed E-state index contributed by atoms with van der Waals surface area (Å²) >= 11 is 1.82. The molecule has 3 nitrogen and oxygen atoms in total. The first-order chi connectivity index (χ1) is 8.48. The lowest BCUT2D eigenvalue weighted by Crippen LogP contribution is -2.52. The smallest absolute Gasteiger partial charge is 0.113 e. The van der Waals surface area contributed by atoms with E-state index in [4.69, 9.17) is 4.98 Å². The van der Waals surface area contributed by atoms with Crippen LogP contribution in [0, 0.1) is 0 Å². The van der Waals surface area contributed by atoms with E-state index in [-0.39, 0.29) is 5.54 Å². The number of hydrogen-bond donors (Lipinski definition) is 1. The van der Waals surface area contributed by atoms with Gasteiger partial charge in [0.15, 0.2) is 0 Å². The van der Waals surface area contributed by atoms with E-state index in [9.17, 15) is 0 Å². The Balaban J connectivity index is 2.26. The Morgan fingerprint density at radius 1 is 1.56 bits per heavy atom. The quantitative estimate of drug-likeness (QED) is 0.913. The fourth-order valence-electron chi connectivity index (χ4n) is 2.65. The van der Waals surface area contributed by atoms with Gasteiger partial charge >= 0.3 is 0 Å². The van der Waals surface area contributed by atoms with Gasteiger partial charge in [-0.25, -0.2) is 4.98 Å². The maximum Gasteiger partial charge on any atom is 0.113 e. The Morgan fingerprint density at radius 3 is 2.78 bits per heavy atom. The number of nitrogens with zero attached hydrogens (tertiary/aromatic N) is 2. The van der Waals surface area contributed by atoms with Crippen molar-refractivity contribution in [3.05, 3.63) is 16.1 Å². The van der Waals surface area contributed by atoms with E-state index >= 15 is 0 Å². The molecule has 0 spiro atoms. The molecule has 2 unspecified atom stereocenters. The summed E-state index contributed by atoms with van der Waals surface area (Å²) < 4.78 is 0. The molecule has 4 heteroatoms. The fraction of sp³-hybridized carbons (Fsp3) is 0.786. The summed E-state index contributed by atoms with van der Waals surface area (Å²) in [4.78, 5) is 7.31. The number of likely N-dealkylation sites (tertiary alicyclic amines) is 1. The van der Waals surface area contributed by atoms with Gasteiger partial charge in [0.25, 0.3) is 0 Å². The summed E-state index contributed by atoms with van der Waals surface area (Å²) in [5.41, 5.74) is 1.32. The number of thiazole rings is 1. The van der Waals surface area contributed by atoms with Gasteiger partial charge in [-0.1, -0.05) is 13.8 Å². The normalized spacial score (nSPS) is 30.0. The van der Waals surface area contributed by atoms with Crippen LogP contribution >= 0.6 is 11.3 Å². The zero-order valence-corrected chi connectivity index (χ0v) is 13.0. The van der Waals surface area contributed by atoms with Crippen molar-refractivity contribution in [3.8, 4) is 0 Å². The molecular weight excluding hydrogens is 242 g/mol. The highest BCUT2D eigenvalue weighted by Gasteiger charge is 2.39. The molecule has 1 aromatic rings. The molecule has 1 fully saturated rings. The van der Waals surface area contributed by atoms with Gasteiger partial charge in [-0.3, -0.25) is 0 Å². The molecule has 0 bridgehead atoms. The van der Waals surface area contributed by atoms with Gasteiger partial charge in [0.05, 0.1) is 11.2 Å². The van der Waals surface area contributed by atoms with Gasteiger partial charge in [-0.2, -0.15) is 0 Å². The van der Waals surface area contributed by atoms with Gasteiger partial charge in [-0.05, 0) is 39.8 Å². The average molecular weight is 267 g/mol. The number of piperidine rings is 1. The summed E-state index contributed by atoms with van der Waals surface area (Å²) in [5.74, 6) is 0.521. The van der Waals surface area contributed by atoms with Crippen molar-refractivity contribution in [2.75, 3.05) is 20.6 Å². The van der Waals surface area contributed by atoms with Crippen molar-refractivity contribution >= 4 is 11.3 Å². The topological polar surface area (TPSA) is 28.2 Å². The largest absolute Gasteiger partial charge is 0.308 e. The van der Waals surface area contributed by atoms with E-state index in [2.05, 4.69) is 50.5 Å². The van der Waals surface area contributed by atoms with Gasteiger partial charge < -0.3 is 10.2 Å². The standard InChI is InChI=1S/C14H25N3S/c1-10(2)12-9-18-13(16-12)14(15-4)6-7-17(5)11(3)8-14/h9-11,15H,6-8H2,1-5H3. The van der Waals surface area contributed by atoms with Gasteiger partial charge in [0.1, 0.15) is 5.01 Å². The first kappa shape index (κ1) is 14.0. The molecule has 2 rings (SSSR count). The third-order valence-electron chi connectivity index (χ3n) is 4.29. The summed E-state index contributed by atoms with van der Waals surface area (Å²) in [6.07, 6.45) is 2.29. The fourth-order valence-corrected chi connectivity index (χ4v) is 3.88. The maximum atomic E-state index is 4.87. The van der Waals surface area contributed by atoms with Crippen LogP contribution in [0.1, 0.15) is 50.2 Å². The predicted molar refractivity (Wildman–Crippen MR) is 78.3 cm³/mol. The third-order valence-corrected chi connectivity index (χ3v) is 5.35. The highest BCUT2D eigenvalue weighted by Crippen LogP contribution is 2.37. The lowest BCUT2D eigenvalue weighted by molar-refractivity contribution is 0.111. The predicted octanol–water partition coefficient (Wildman–Crippen LogP) is 2.80.